The van der Waals surface area contributed by atoms with E-state index in [2.05, 4.69) is 29.7 Å². The molecule has 214 valence electrons. The SMILES string of the molecule is CN(CCCC(=O)O)Cc1cccc(N=Cc2c(O)[nH]c3ncnc(N4CCN(C(=O)OC(C)(C)C)CC4)c23)c1. The fourth-order valence-electron chi connectivity index (χ4n) is 4.57. The van der Waals surface area contributed by atoms with E-state index in [4.69, 9.17) is 9.84 Å². The van der Waals surface area contributed by atoms with Gasteiger partial charge in [0.15, 0.2) is 5.88 Å². The Balaban J connectivity index is 1.49. The third-order valence-electron chi connectivity index (χ3n) is 6.46. The average Bonchev–Trinajstić information content (AvgIpc) is 3.21. The lowest BCUT2D eigenvalue weighted by Crippen LogP contribution is -2.50. The highest BCUT2D eigenvalue weighted by atomic mass is 16.6. The van der Waals surface area contributed by atoms with Crippen LogP contribution in [0.2, 0.25) is 0 Å². The number of hydrogen-bond acceptors (Lipinski definition) is 9. The number of carbonyl (C=O) groups excluding carboxylic acids is 1. The van der Waals surface area contributed by atoms with Crippen molar-refractivity contribution in [2.24, 2.45) is 4.99 Å². The number of aliphatic carboxylic acids is 1. The fraction of sp³-hybridized carbons (Fsp3) is 0.464. The van der Waals surface area contributed by atoms with Crippen molar-refractivity contribution in [3.63, 3.8) is 0 Å². The van der Waals surface area contributed by atoms with Gasteiger partial charge in [-0.1, -0.05) is 12.1 Å². The van der Waals surface area contributed by atoms with E-state index in [9.17, 15) is 14.7 Å². The normalized spacial score (nSPS) is 14.4. The van der Waals surface area contributed by atoms with Crippen molar-refractivity contribution in [2.45, 2.75) is 45.8 Å². The summed E-state index contributed by atoms with van der Waals surface area (Å²) in [5.41, 5.74) is 2.19. The topological polar surface area (TPSA) is 147 Å². The number of aromatic nitrogens is 3. The van der Waals surface area contributed by atoms with Crippen LogP contribution in [0, 0.1) is 0 Å². The minimum absolute atomic E-state index is 0.0535. The maximum atomic E-state index is 12.5. The molecule has 0 radical (unpaired) electrons. The van der Waals surface area contributed by atoms with E-state index in [0.717, 1.165) is 11.3 Å². The van der Waals surface area contributed by atoms with Gasteiger partial charge in [0.2, 0.25) is 0 Å². The van der Waals surface area contributed by atoms with Crippen molar-refractivity contribution in [1.82, 2.24) is 24.8 Å². The molecule has 1 amide bonds. The molecule has 0 aliphatic carbocycles. The molecule has 0 spiro atoms. The van der Waals surface area contributed by atoms with Crippen molar-refractivity contribution in [3.8, 4) is 5.88 Å². The number of carboxylic acid groups (broad SMARTS) is 1. The van der Waals surface area contributed by atoms with Crippen LogP contribution in [0.1, 0.15) is 44.7 Å². The molecule has 3 heterocycles. The Bertz CT molecular complexity index is 1370. The summed E-state index contributed by atoms with van der Waals surface area (Å²) in [6.07, 6.45) is 3.46. The summed E-state index contributed by atoms with van der Waals surface area (Å²) in [5.74, 6) is -0.187. The van der Waals surface area contributed by atoms with Gasteiger partial charge in [0, 0.05) is 45.4 Å². The van der Waals surface area contributed by atoms with Gasteiger partial charge in [-0.05, 0) is 58.5 Å². The van der Waals surface area contributed by atoms with Crippen LogP contribution < -0.4 is 4.90 Å². The molecule has 1 saturated heterocycles. The minimum atomic E-state index is -0.790. The Morgan fingerprint density at radius 1 is 1.20 bits per heavy atom. The Morgan fingerprint density at radius 3 is 2.65 bits per heavy atom. The number of anilines is 1. The molecule has 1 aromatic carbocycles. The number of carboxylic acids is 1. The molecule has 0 atom stereocenters. The molecule has 12 nitrogen and oxygen atoms in total. The highest BCUT2D eigenvalue weighted by Crippen LogP contribution is 2.32. The molecule has 3 N–H and O–H groups in total. The number of benzene rings is 1. The number of piperazine rings is 1. The maximum Gasteiger partial charge on any atom is 0.410 e. The summed E-state index contributed by atoms with van der Waals surface area (Å²) < 4.78 is 5.50. The Morgan fingerprint density at radius 2 is 1.95 bits per heavy atom. The maximum absolute atomic E-state index is 12.5. The summed E-state index contributed by atoms with van der Waals surface area (Å²) in [7, 11) is 1.95. The number of hydrogen-bond donors (Lipinski definition) is 3. The predicted octanol–water partition coefficient (Wildman–Crippen LogP) is 3.77. The molecule has 40 heavy (non-hydrogen) atoms. The van der Waals surface area contributed by atoms with Gasteiger partial charge in [-0.3, -0.25) is 9.79 Å². The van der Waals surface area contributed by atoms with Crippen molar-refractivity contribution in [2.75, 3.05) is 44.7 Å². The van der Waals surface area contributed by atoms with Gasteiger partial charge in [-0.15, -0.1) is 0 Å². The second-order valence-corrected chi connectivity index (χ2v) is 10.9. The molecule has 1 aliphatic rings. The molecular weight excluding hydrogens is 514 g/mol. The van der Waals surface area contributed by atoms with Crippen molar-refractivity contribution in [1.29, 1.82) is 0 Å². The van der Waals surface area contributed by atoms with Gasteiger partial charge in [-0.2, -0.15) is 0 Å². The van der Waals surface area contributed by atoms with E-state index in [1.165, 1.54) is 6.33 Å². The standard InChI is InChI=1S/C28H37N7O5/c1-28(2,3)40-27(39)35-13-11-34(12-14-35)25-23-21(26(38)32-24(23)30-18-31-25)16-29-20-8-5-7-19(15-20)17-33(4)10-6-9-22(36)37/h5,7-8,15-16,18,38H,6,9-14,17H2,1-4H3,(H,36,37)(H,30,31,32). The van der Waals surface area contributed by atoms with Crippen molar-refractivity contribution < 1.29 is 24.5 Å². The zero-order valence-corrected chi connectivity index (χ0v) is 23.4. The highest BCUT2D eigenvalue weighted by molar-refractivity contribution is 6.06. The third-order valence-corrected chi connectivity index (χ3v) is 6.46. The number of nitrogens with one attached hydrogen (secondary N) is 1. The first kappa shape index (κ1) is 28.8. The first-order valence-corrected chi connectivity index (χ1v) is 13.3. The monoisotopic (exact) mass is 551 g/mol. The average molecular weight is 552 g/mol. The lowest BCUT2D eigenvalue weighted by Gasteiger charge is -2.36. The molecule has 4 rings (SSSR count). The predicted molar refractivity (Wildman–Crippen MR) is 152 cm³/mol. The van der Waals surface area contributed by atoms with Crippen LogP contribution in [0.15, 0.2) is 35.6 Å². The lowest BCUT2D eigenvalue weighted by atomic mass is 10.1. The second-order valence-electron chi connectivity index (χ2n) is 10.9. The smallest absolute Gasteiger partial charge is 0.410 e. The van der Waals surface area contributed by atoms with Crippen LogP contribution in [-0.4, -0.2) is 98.6 Å². The zero-order valence-electron chi connectivity index (χ0n) is 23.4. The molecule has 0 unspecified atom stereocenters. The number of amides is 1. The number of nitrogens with zero attached hydrogens (tertiary/aromatic N) is 6. The largest absolute Gasteiger partial charge is 0.494 e. The van der Waals surface area contributed by atoms with E-state index < -0.39 is 11.6 Å². The van der Waals surface area contributed by atoms with Gasteiger partial charge < -0.3 is 34.6 Å². The lowest BCUT2D eigenvalue weighted by molar-refractivity contribution is -0.137. The summed E-state index contributed by atoms with van der Waals surface area (Å²) in [5, 5.41) is 20.2. The number of aromatic amines is 1. The van der Waals surface area contributed by atoms with Gasteiger partial charge >= 0.3 is 12.1 Å². The molecule has 1 aliphatic heterocycles. The summed E-state index contributed by atoms with van der Waals surface area (Å²) in [4.78, 5) is 45.4. The number of H-pyrrole nitrogens is 1. The molecule has 1 fully saturated rings. The van der Waals surface area contributed by atoms with Crippen molar-refractivity contribution >= 4 is 40.8 Å². The number of aromatic hydroxyl groups is 1. The zero-order chi connectivity index (χ0) is 28.9. The second kappa shape index (κ2) is 12.3. The van der Waals surface area contributed by atoms with E-state index >= 15 is 0 Å². The Hall–Kier alpha value is -4.19. The highest BCUT2D eigenvalue weighted by Gasteiger charge is 2.28. The molecule has 2 aromatic heterocycles. The molecule has 0 saturated carbocycles. The molecule has 3 aromatic rings. The summed E-state index contributed by atoms with van der Waals surface area (Å²) in [6.45, 7) is 8.95. The first-order valence-electron chi connectivity index (χ1n) is 13.3. The fourth-order valence-corrected chi connectivity index (χ4v) is 4.57. The van der Waals surface area contributed by atoms with Crippen LogP contribution in [0.3, 0.4) is 0 Å². The van der Waals surface area contributed by atoms with E-state index in [-0.39, 0.29) is 18.4 Å². The van der Waals surface area contributed by atoms with Gasteiger partial charge in [0.1, 0.15) is 23.4 Å². The summed E-state index contributed by atoms with van der Waals surface area (Å²) >= 11 is 0. The number of fused-ring (bicyclic) bond motifs is 1. The van der Waals surface area contributed by atoms with Crippen molar-refractivity contribution in [3.05, 3.63) is 41.7 Å². The summed E-state index contributed by atoms with van der Waals surface area (Å²) in [6, 6.07) is 7.76. The van der Waals surface area contributed by atoms with Gasteiger partial charge in [-0.25, -0.2) is 14.8 Å². The van der Waals surface area contributed by atoms with Gasteiger partial charge in [0.05, 0.1) is 16.6 Å². The number of carbonyl (C=O) groups is 2. The van der Waals surface area contributed by atoms with E-state index in [1.807, 2.05) is 52.1 Å². The third kappa shape index (κ3) is 7.47. The van der Waals surface area contributed by atoms with Crippen LogP contribution in [-0.2, 0) is 16.1 Å². The van der Waals surface area contributed by atoms with Crippen LogP contribution in [0.25, 0.3) is 11.0 Å². The quantitative estimate of drug-likeness (QED) is 0.338. The number of ether oxygens (including phenoxy) is 1. The molecule has 12 heteroatoms. The van der Waals surface area contributed by atoms with E-state index in [1.54, 1.807) is 11.1 Å². The number of aliphatic imine (C=N–C) groups is 1. The van der Waals surface area contributed by atoms with Crippen LogP contribution in [0.5, 0.6) is 5.88 Å². The Labute approximate surface area is 233 Å². The van der Waals surface area contributed by atoms with Gasteiger partial charge in [0.25, 0.3) is 0 Å². The van der Waals surface area contributed by atoms with Crippen LogP contribution >= 0.6 is 0 Å². The van der Waals surface area contributed by atoms with Crippen LogP contribution in [0.4, 0.5) is 16.3 Å². The Kier molecular flexibility index (Phi) is 8.88. The molecule has 0 bridgehead atoms. The molecular formula is C28H37N7O5. The minimum Gasteiger partial charge on any atom is -0.494 e. The van der Waals surface area contributed by atoms with E-state index in [0.29, 0.717) is 68.1 Å². The number of rotatable bonds is 9. The first-order chi connectivity index (χ1) is 19.0.